The van der Waals surface area contributed by atoms with Crippen LogP contribution in [0.4, 0.5) is 0 Å². The van der Waals surface area contributed by atoms with Gasteiger partial charge in [-0.15, -0.1) is 11.3 Å². The van der Waals surface area contributed by atoms with Crippen LogP contribution in [0.15, 0.2) is 0 Å². The molecule has 0 aliphatic carbocycles. The zero-order chi connectivity index (χ0) is 13.3. The second-order valence-corrected chi connectivity index (χ2v) is 7.11. The Hall–Kier alpha value is -0.450. The van der Waals surface area contributed by atoms with Gasteiger partial charge >= 0.3 is 0 Å². The summed E-state index contributed by atoms with van der Waals surface area (Å²) in [6.45, 7) is 15.7. The Balaban J connectivity index is 2.25. The minimum absolute atomic E-state index is 0.0602. The second kappa shape index (κ2) is 5.27. The van der Waals surface area contributed by atoms with E-state index in [1.165, 1.54) is 15.6 Å². The van der Waals surface area contributed by atoms with E-state index < -0.39 is 0 Å². The summed E-state index contributed by atoms with van der Waals surface area (Å²) in [5, 5.41) is 4.68. The van der Waals surface area contributed by atoms with Crippen LogP contribution in [0.3, 0.4) is 0 Å². The van der Waals surface area contributed by atoms with E-state index in [9.17, 15) is 0 Å². The molecule has 0 radical (unpaired) electrons. The molecule has 0 unspecified atom stereocenters. The first kappa shape index (κ1) is 14.0. The van der Waals surface area contributed by atoms with E-state index >= 15 is 0 Å². The van der Waals surface area contributed by atoms with Crippen molar-refractivity contribution in [3.8, 4) is 0 Å². The summed E-state index contributed by atoms with van der Waals surface area (Å²) < 4.78 is 0. The number of hydrogen-bond donors (Lipinski definition) is 1. The van der Waals surface area contributed by atoms with Gasteiger partial charge in [0.25, 0.3) is 0 Å². The zero-order valence-electron chi connectivity index (χ0n) is 12.2. The molecule has 0 amide bonds. The molecule has 1 aromatic rings. The van der Waals surface area contributed by atoms with Crippen molar-refractivity contribution < 1.29 is 0 Å². The van der Waals surface area contributed by atoms with Crippen LogP contribution >= 0.6 is 11.3 Å². The molecule has 18 heavy (non-hydrogen) atoms. The molecule has 1 N–H and O–H groups in total. The highest BCUT2D eigenvalue weighted by atomic mass is 32.1. The Morgan fingerprint density at radius 2 is 1.89 bits per heavy atom. The molecule has 102 valence electrons. The topological polar surface area (TPSA) is 28.2 Å². The van der Waals surface area contributed by atoms with Gasteiger partial charge in [0.1, 0.15) is 5.01 Å². The number of aryl methyl sites for hydroxylation is 1. The average molecular weight is 267 g/mol. The lowest BCUT2D eigenvalue weighted by atomic mass is 10.0. The van der Waals surface area contributed by atoms with Crippen LogP contribution in [0.25, 0.3) is 0 Å². The van der Waals surface area contributed by atoms with Gasteiger partial charge in [-0.25, -0.2) is 4.98 Å². The molecule has 0 saturated carbocycles. The summed E-state index contributed by atoms with van der Waals surface area (Å²) in [7, 11) is 0. The van der Waals surface area contributed by atoms with E-state index in [0.717, 1.165) is 26.2 Å². The van der Waals surface area contributed by atoms with Gasteiger partial charge in [-0.1, -0.05) is 13.8 Å². The standard InChI is InChI=1S/C14H25N3S/c1-10(2)12-11(3)18-13(16-12)14(4,5)17-8-6-15-7-9-17/h10,15H,6-9H2,1-5H3. The number of hydrogen-bond acceptors (Lipinski definition) is 4. The number of nitrogens with zero attached hydrogens (tertiary/aromatic N) is 2. The summed E-state index contributed by atoms with van der Waals surface area (Å²) in [6, 6.07) is 0. The molecule has 0 spiro atoms. The maximum atomic E-state index is 4.91. The Morgan fingerprint density at radius 3 is 2.39 bits per heavy atom. The number of rotatable bonds is 3. The van der Waals surface area contributed by atoms with Crippen molar-refractivity contribution in [2.75, 3.05) is 26.2 Å². The highest BCUT2D eigenvalue weighted by Crippen LogP contribution is 2.34. The van der Waals surface area contributed by atoms with E-state index in [2.05, 4.69) is 44.8 Å². The number of thiazole rings is 1. The van der Waals surface area contributed by atoms with Crippen LogP contribution in [0, 0.1) is 6.92 Å². The smallest absolute Gasteiger partial charge is 0.113 e. The van der Waals surface area contributed by atoms with Crippen molar-refractivity contribution in [3.63, 3.8) is 0 Å². The van der Waals surface area contributed by atoms with Gasteiger partial charge < -0.3 is 5.32 Å². The molecule has 3 nitrogen and oxygen atoms in total. The fraction of sp³-hybridized carbons (Fsp3) is 0.786. The average Bonchev–Trinajstić information content (AvgIpc) is 2.73. The van der Waals surface area contributed by atoms with E-state index in [1.807, 2.05) is 11.3 Å². The first-order valence-corrected chi connectivity index (χ1v) is 7.68. The third-order valence-electron chi connectivity index (χ3n) is 3.81. The summed E-state index contributed by atoms with van der Waals surface area (Å²) >= 11 is 1.87. The zero-order valence-corrected chi connectivity index (χ0v) is 13.0. The highest BCUT2D eigenvalue weighted by Gasteiger charge is 2.33. The monoisotopic (exact) mass is 267 g/mol. The minimum Gasteiger partial charge on any atom is -0.314 e. The van der Waals surface area contributed by atoms with E-state index in [0.29, 0.717) is 5.92 Å². The number of nitrogens with one attached hydrogen (secondary N) is 1. The van der Waals surface area contributed by atoms with Crippen molar-refractivity contribution in [3.05, 3.63) is 15.6 Å². The van der Waals surface area contributed by atoms with Crippen LogP contribution in [-0.2, 0) is 5.54 Å². The Morgan fingerprint density at radius 1 is 1.28 bits per heavy atom. The van der Waals surface area contributed by atoms with Gasteiger partial charge in [0, 0.05) is 31.1 Å². The Bertz CT molecular complexity index is 403. The molecule has 2 rings (SSSR count). The molecule has 1 aromatic heterocycles. The molecule has 1 aliphatic rings. The van der Waals surface area contributed by atoms with E-state index in [4.69, 9.17) is 4.98 Å². The molecule has 4 heteroatoms. The van der Waals surface area contributed by atoms with Gasteiger partial charge in [-0.2, -0.15) is 0 Å². The molecular formula is C14H25N3S. The maximum absolute atomic E-state index is 4.91. The van der Waals surface area contributed by atoms with E-state index in [1.54, 1.807) is 0 Å². The summed E-state index contributed by atoms with van der Waals surface area (Å²) in [4.78, 5) is 8.84. The van der Waals surface area contributed by atoms with Crippen molar-refractivity contribution in [2.45, 2.75) is 46.1 Å². The minimum atomic E-state index is 0.0602. The molecule has 0 aromatic carbocycles. The first-order valence-electron chi connectivity index (χ1n) is 6.86. The third kappa shape index (κ3) is 2.60. The van der Waals surface area contributed by atoms with Crippen molar-refractivity contribution in [1.82, 2.24) is 15.2 Å². The molecule has 0 atom stereocenters. The lowest BCUT2D eigenvalue weighted by Gasteiger charge is -2.39. The number of aromatic nitrogens is 1. The quantitative estimate of drug-likeness (QED) is 0.912. The van der Waals surface area contributed by atoms with Crippen molar-refractivity contribution in [1.29, 1.82) is 0 Å². The Kier molecular flexibility index (Phi) is 4.09. The predicted octanol–water partition coefficient (Wildman–Crippen LogP) is 2.72. The van der Waals surface area contributed by atoms with Crippen LogP contribution in [-0.4, -0.2) is 36.1 Å². The van der Waals surface area contributed by atoms with Crippen LogP contribution in [0.1, 0.15) is 49.2 Å². The molecule has 1 fully saturated rings. The van der Waals surface area contributed by atoms with Gasteiger partial charge in [0.05, 0.1) is 11.2 Å². The third-order valence-corrected chi connectivity index (χ3v) is 5.11. The maximum Gasteiger partial charge on any atom is 0.113 e. The Labute approximate surface area is 115 Å². The van der Waals surface area contributed by atoms with Crippen molar-refractivity contribution >= 4 is 11.3 Å². The summed E-state index contributed by atoms with van der Waals surface area (Å²) in [6.07, 6.45) is 0. The molecule has 2 heterocycles. The predicted molar refractivity (Wildman–Crippen MR) is 78.4 cm³/mol. The van der Waals surface area contributed by atoms with Crippen LogP contribution in [0.2, 0.25) is 0 Å². The molecule has 0 bridgehead atoms. The molecular weight excluding hydrogens is 242 g/mol. The van der Waals surface area contributed by atoms with Crippen molar-refractivity contribution in [2.24, 2.45) is 0 Å². The van der Waals surface area contributed by atoms with Crippen LogP contribution < -0.4 is 5.32 Å². The number of piperazine rings is 1. The lowest BCUT2D eigenvalue weighted by molar-refractivity contribution is 0.102. The van der Waals surface area contributed by atoms with Crippen LogP contribution in [0.5, 0.6) is 0 Å². The summed E-state index contributed by atoms with van der Waals surface area (Å²) in [5.74, 6) is 0.522. The van der Waals surface area contributed by atoms with E-state index in [-0.39, 0.29) is 5.54 Å². The normalized spacial score (nSPS) is 18.6. The molecule has 1 saturated heterocycles. The molecule has 1 aliphatic heterocycles. The largest absolute Gasteiger partial charge is 0.314 e. The lowest BCUT2D eigenvalue weighted by Crippen LogP contribution is -2.51. The SMILES string of the molecule is Cc1sc(C(C)(C)N2CCNCC2)nc1C(C)C. The fourth-order valence-corrected chi connectivity index (χ4v) is 3.76. The van der Waals surface area contributed by atoms with Gasteiger partial charge in [0.15, 0.2) is 0 Å². The van der Waals surface area contributed by atoms with Gasteiger partial charge in [0.2, 0.25) is 0 Å². The fourth-order valence-electron chi connectivity index (χ4n) is 2.56. The summed E-state index contributed by atoms with van der Waals surface area (Å²) in [5.41, 5.74) is 1.34. The first-order chi connectivity index (χ1) is 8.43. The van der Waals surface area contributed by atoms with Gasteiger partial charge in [-0.3, -0.25) is 4.90 Å². The highest BCUT2D eigenvalue weighted by molar-refractivity contribution is 7.11. The van der Waals surface area contributed by atoms with Gasteiger partial charge in [-0.05, 0) is 26.7 Å². The second-order valence-electron chi connectivity index (χ2n) is 5.91.